The Morgan fingerprint density at radius 2 is 1.57 bits per heavy atom. The highest BCUT2D eigenvalue weighted by Gasteiger charge is 2.03. The predicted octanol–water partition coefficient (Wildman–Crippen LogP) is 4.91. The first-order valence-electron chi connectivity index (χ1n) is 9.56. The van der Waals surface area contributed by atoms with Crippen LogP contribution in [0.2, 0.25) is 0 Å². The normalized spacial score (nSPS) is 10.9. The molecule has 0 spiro atoms. The Balaban J connectivity index is 1.33. The molecule has 0 bridgehead atoms. The number of ether oxygens (including phenoxy) is 2. The molecule has 0 aliphatic rings. The van der Waals surface area contributed by atoms with Crippen molar-refractivity contribution in [3.8, 4) is 11.5 Å². The maximum atomic E-state index is 5.97. The summed E-state index contributed by atoms with van der Waals surface area (Å²) in [4.78, 5) is 4.46. The topological polar surface area (TPSA) is 36.3 Å². The summed E-state index contributed by atoms with van der Waals surface area (Å²) in [5.74, 6) is 1.79. The van der Waals surface area contributed by atoms with E-state index >= 15 is 0 Å². The Labute approximate surface area is 165 Å². The van der Waals surface area contributed by atoms with Crippen molar-refractivity contribution in [1.29, 1.82) is 0 Å². The molecule has 4 rings (SSSR count). The molecule has 142 valence electrons. The Hall–Kier alpha value is -3.27. The van der Waals surface area contributed by atoms with Crippen molar-refractivity contribution in [3.63, 3.8) is 0 Å². The lowest BCUT2D eigenvalue weighted by atomic mass is 10.1. The molecule has 0 aliphatic carbocycles. The predicted molar refractivity (Wildman–Crippen MR) is 112 cm³/mol. The van der Waals surface area contributed by atoms with Gasteiger partial charge in [0, 0.05) is 13.0 Å². The number of aromatic nitrogens is 2. The average molecular weight is 372 g/mol. The maximum absolute atomic E-state index is 5.97. The number of hydrogen-bond acceptors (Lipinski definition) is 3. The van der Waals surface area contributed by atoms with Gasteiger partial charge in [0.25, 0.3) is 0 Å². The van der Waals surface area contributed by atoms with Gasteiger partial charge in [0.1, 0.15) is 11.5 Å². The first-order valence-corrected chi connectivity index (χ1v) is 9.56. The fourth-order valence-electron chi connectivity index (χ4n) is 3.34. The van der Waals surface area contributed by atoms with Crippen molar-refractivity contribution in [1.82, 2.24) is 9.55 Å². The Morgan fingerprint density at radius 1 is 0.821 bits per heavy atom. The largest absolute Gasteiger partial charge is 0.497 e. The molecule has 3 aromatic carbocycles. The molecular weight excluding hydrogens is 348 g/mol. The number of imidazole rings is 1. The first kappa shape index (κ1) is 18.1. The van der Waals surface area contributed by atoms with Crippen molar-refractivity contribution in [3.05, 3.63) is 90.3 Å². The van der Waals surface area contributed by atoms with Crippen molar-refractivity contribution < 1.29 is 9.47 Å². The number of nitrogens with zero attached hydrogens (tertiary/aromatic N) is 2. The summed E-state index contributed by atoms with van der Waals surface area (Å²) in [5.41, 5.74) is 4.68. The molecule has 4 nitrogen and oxygen atoms in total. The number of para-hydroxylation sites is 2. The Bertz CT molecular complexity index is 1060. The van der Waals surface area contributed by atoms with Crippen molar-refractivity contribution >= 4 is 11.0 Å². The lowest BCUT2D eigenvalue weighted by Gasteiger charge is -2.10. The number of methoxy groups -OCH3 is 1. The number of hydrogen-bond donors (Lipinski definition) is 0. The van der Waals surface area contributed by atoms with Gasteiger partial charge in [-0.3, -0.25) is 0 Å². The van der Waals surface area contributed by atoms with Gasteiger partial charge in [-0.2, -0.15) is 0 Å². The first-order chi connectivity index (χ1) is 13.8. The molecule has 0 N–H and O–H groups in total. The lowest BCUT2D eigenvalue weighted by molar-refractivity contribution is 0.321. The summed E-state index contributed by atoms with van der Waals surface area (Å²) in [6, 6.07) is 24.7. The summed E-state index contributed by atoms with van der Waals surface area (Å²) in [7, 11) is 1.69. The van der Waals surface area contributed by atoms with E-state index in [0.29, 0.717) is 6.61 Å². The number of rotatable bonds is 8. The Morgan fingerprint density at radius 3 is 2.43 bits per heavy atom. The summed E-state index contributed by atoms with van der Waals surface area (Å²) in [6.45, 7) is 1.54. The number of fused-ring (bicyclic) bond motifs is 1. The van der Waals surface area contributed by atoms with E-state index in [1.54, 1.807) is 7.11 Å². The fraction of sp³-hybridized carbons (Fsp3) is 0.208. The molecule has 0 radical (unpaired) electrons. The molecule has 0 unspecified atom stereocenters. The van der Waals surface area contributed by atoms with E-state index in [-0.39, 0.29) is 0 Å². The molecule has 0 fully saturated rings. The van der Waals surface area contributed by atoms with E-state index in [2.05, 4.69) is 52.0 Å². The van der Waals surface area contributed by atoms with Crippen LogP contribution in [0.5, 0.6) is 11.5 Å². The van der Waals surface area contributed by atoms with Crippen LogP contribution in [-0.4, -0.2) is 23.3 Å². The number of benzene rings is 3. The summed E-state index contributed by atoms with van der Waals surface area (Å²) < 4.78 is 13.4. The summed E-state index contributed by atoms with van der Waals surface area (Å²) >= 11 is 0. The summed E-state index contributed by atoms with van der Waals surface area (Å²) in [6.07, 6.45) is 3.70. The zero-order valence-corrected chi connectivity index (χ0v) is 16.0. The minimum atomic E-state index is 0.642. The van der Waals surface area contributed by atoms with Gasteiger partial charge in [-0.1, -0.05) is 36.4 Å². The van der Waals surface area contributed by atoms with Crippen LogP contribution in [0.3, 0.4) is 0 Å². The molecule has 4 aromatic rings. The quantitative estimate of drug-likeness (QED) is 0.441. The molecule has 0 saturated heterocycles. The second-order valence-corrected chi connectivity index (χ2v) is 6.77. The second-order valence-electron chi connectivity index (χ2n) is 6.77. The van der Waals surface area contributed by atoms with Gasteiger partial charge < -0.3 is 14.0 Å². The van der Waals surface area contributed by atoms with Gasteiger partial charge in [0.05, 0.1) is 31.1 Å². The van der Waals surface area contributed by atoms with Crippen molar-refractivity contribution in [2.24, 2.45) is 0 Å². The smallest absolute Gasteiger partial charge is 0.119 e. The summed E-state index contributed by atoms with van der Waals surface area (Å²) in [5, 5.41) is 0. The van der Waals surface area contributed by atoms with Crippen LogP contribution in [0, 0.1) is 0 Å². The standard InChI is InChI=1S/C24H24N2O2/c1-27-21-8-4-7-20(16-21)13-15-28-22-9-5-6-19(17-22)12-14-26-18-25-23-10-2-3-11-24(23)26/h2-11,16-18H,12-15H2,1H3. The van der Waals surface area contributed by atoms with Crippen LogP contribution in [-0.2, 0) is 19.4 Å². The second kappa shape index (κ2) is 8.61. The molecule has 28 heavy (non-hydrogen) atoms. The zero-order chi connectivity index (χ0) is 19.2. The van der Waals surface area contributed by atoms with Gasteiger partial charge in [0.15, 0.2) is 0 Å². The maximum Gasteiger partial charge on any atom is 0.119 e. The Kier molecular flexibility index (Phi) is 5.57. The molecule has 1 heterocycles. The van der Waals surface area contributed by atoms with Crippen LogP contribution in [0.4, 0.5) is 0 Å². The van der Waals surface area contributed by atoms with Gasteiger partial charge in [-0.05, 0) is 53.9 Å². The van der Waals surface area contributed by atoms with E-state index in [1.807, 2.05) is 36.7 Å². The zero-order valence-electron chi connectivity index (χ0n) is 16.0. The molecule has 0 amide bonds. The van der Waals surface area contributed by atoms with Crippen molar-refractivity contribution in [2.45, 2.75) is 19.4 Å². The molecular formula is C24H24N2O2. The highest BCUT2D eigenvalue weighted by molar-refractivity contribution is 5.74. The number of aryl methyl sites for hydroxylation is 2. The van der Waals surface area contributed by atoms with Crippen LogP contribution >= 0.6 is 0 Å². The van der Waals surface area contributed by atoms with E-state index < -0.39 is 0 Å². The van der Waals surface area contributed by atoms with Crippen molar-refractivity contribution in [2.75, 3.05) is 13.7 Å². The SMILES string of the molecule is COc1cccc(CCOc2cccc(CCn3cnc4ccccc43)c2)c1. The van der Waals surface area contributed by atoms with Crippen LogP contribution in [0.15, 0.2) is 79.1 Å². The molecule has 0 atom stereocenters. The third-order valence-corrected chi connectivity index (χ3v) is 4.86. The van der Waals surface area contributed by atoms with Gasteiger partial charge in [-0.25, -0.2) is 4.98 Å². The van der Waals surface area contributed by atoms with Gasteiger partial charge >= 0.3 is 0 Å². The third-order valence-electron chi connectivity index (χ3n) is 4.86. The van der Waals surface area contributed by atoms with E-state index in [0.717, 1.165) is 36.4 Å². The van der Waals surface area contributed by atoms with Crippen LogP contribution < -0.4 is 9.47 Å². The monoisotopic (exact) mass is 372 g/mol. The van der Waals surface area contributed by atoms with Gasteiger partial charge in [0.2, 0.25) is 0 Å². The lowest BCUT2D eigenvalue weighted by Crippen LogP contribution is -2.03. The highest BCUT2D eigenvalue weighted by Crippen LogP contribution is 2.18. The minimum Gasteiger partial charge on any atom is -0.497 e. The molecule has 1 aromatic heterocycles. The third kappa shape index (κ3) is 4.34. The minimum absolute atomic E-state index is 0.642. The average Bonchev–Trinajstić information content (AvgIpc) is 3.16. The van der Waals surface area contributed by atoms with E-state index in [1.165, 1.54) is 16.6 Å². The molecule has 0 aliphatic heterocycles. The van der Waals surface area contributed by atoms with E-state index in [9.17, 15) is 0 Å². The molecule has 0 saturated carbocycles. The van der Waals surface area contributed by atoms with Crippen LogP contribution in [0.1, 0.15) is 11.1 Å². The van der Waals surface area contributed by atoms with E-state index in [4.69, 9.17) is 9.47 Å². The highest BCUT2D eigenvalue weighted by atomic mass is 16.5. The van der Waals surface area contributed by atoms with Crippen LogP contribution in [0.25, 0.3) is 11.0 Å². The fourth-order valence-corrected chi connectivity index (χ4v) is 3.34. The van der Waals surface area contributed by atoms with Gasteiger partial charge in [-0.15, -0.1) is 0 Å². The molecule has 4 heteroatoms.